The number of methoxy groups -OCH3 is 1. The summed E-state index contributed by atoms with van der Waals surface area (Å²) < 4.78 is 33.2. The first-order chi connectivity index (χ1) is 15.9. The number of carbonyl (C=O) groups is 1. The van der Waals surface area contributed by atoms with E-state index in [0.29, 0.717) is 18.0 Å². The Morgan fingerprint density at radius 1 is 0.970 bits per heavy atom. The van der Waals surface area contributed by atoms with Crippen molar-refractivity contribution in [3.8, 4) is 5.75 Å². The zero-order valence-electron chi connectivity index (χ0n) is 18.6. The van der Waals surface area contributed by atoms with Crippen LogP contribution in [0, 0.1) is 0 Å². The molecule has 7 heteroatoms. The number of anilines is 1. The number of benzene rings is 3. The van der Waals surface area contributed by atoms with Gasteiger partial charge in [-0.05, 0) is 54.7 Å². The van der Waals surface area contributed by atoms with E-state index in [0.717, 1.165) is 31.2 Å². The van der Waals surface area contributed by atoms with Crippen LogP contribution in [-0.4, -0.2) is 28.0 Å². The second-order valence-electron chi connectivity index (χ2n) is 8.29. The molecule has 0 unspecified atom stereocenters. The fraction of sp³-hybridized carbons (Fsp3) is 0.269. The molecule has 1 saturated carbocycles. The lowest BCUT2D eigenvalue weighted by Gasteiger charge is -2.40. The summed E-state index contributed by atoms with van der Waals surface area (Å²) in [5.74, 6) is 0.507. The maximum Gasteiger partial charge on any atom is 0.262 e. The van der Waals surface area contributed by atoms with Gasteiger partial charge >= 0.3 is 0 Å². The molecule has 3 aromatic rings. The summed E-state index contributed by atoms with van der Waals surface area (Å²) in [5.41, 5.74) is 2.00. The number of ether oxygens (including phenoxy) is 1. The van der Waals surface area contributed by atoms with Crippen molar-refractivity contribution in [2.45, 2.75) is 36.0 Å². The number of sulfonamides is 1. The van der Waals surface area contributed by atoms with Crippen molar-refractivity contribution >= 4 is 21.6 Å². The Kier molecular flexibility index (Phi) is 6.70. The van der Waals surface area contributed by atoms with Crippen molar-refractivity contribution in [3.63, 3.8) is 0 Å². The zero-order valence-corrected chi connectivity index (χ0v) is 19.4. The quantitative estimate of drug-likeness (QED) is 0.495. The van der Waals surface area contributed by atoms with E-state index in [1.54, 1.807) is 24.3 Å². The van der Waals surface area contributed by atoms with E-state index < -0.39 is 15.4 Å². The van der Waals surface area contributed by atoms with Crippen LogP contribution in [0.25, 0.3) is 0 Å². The molecule has 2 N–H and O–H groups in total. The Bertz CT molecular complexity index is 1200. The molecule has 172 valence electrons. The van der Waals surface area contributed by atoms with Gasteiger partial charge in [-0.1, -0.05) is 55.0 Å². The highest BCUT2D eigenvalue weighted by Crippen LogP contribution is 2.44. The van der Waals surface area contributed by atoms with Crippen molar-refractivity contribution < 1.29 is 17.9 Å². The number of nitrogens with one attached hydrogen (secondary N) is 2. The first-order valence-corrected chi connectivity index (χ1v) is 12.5. The Morgan fingerprint density at radius 2 is 1.70 bits per heavy atom. The van der Waals surface area contributed by atoms with E-state index in [-0.39, 0.29) is 10.8 Å². The maximum absolute atomic E-state index is 13.1. The van der Waals surface area contributed by atoms with Gasteiger partial charge in [0.1, 0.15) is 5.75 Å². The highest BCUT2D eigenvalue weighted by atomic mass is 32.2. The summed E-state index contributed by atoms with van der Waals surface area (Å²) in [6.07, 6.45) is 3.36. The van der Waals surface area contributed by atoms with Gasteiger partial charge in [-0.2, -0.15) is 0 Å². The molecule has 0 radical (unpaired) electrons. The minimum atomic E-state index is -3.75. The number of hydrogen-bond acceptors (Lipinski definition) is 4. The van der Waals surface area contributed by atoms with Crippen molar-refractivity contribution in [1.29, 1.82) is 0 Å². The fourth-order valence-corrected chi connectivity index (χ4v) is 5.24. The second kappa shape index (κ2) is 9.67. The monoisotopic (exact) mass is 464 g/mol. The van der Waals surface area contributed by atoms with Crippen LogP contribution in [0.2, 0.25) is 0 Å². The molecule has 1 aliphatic rings. The zero-order chi connectivity index (χ0) is 23.3. The third-order valence-corrected chi connectivity index (χ3v) is 7.60. The first-order valence-electron chi connectivity index (χ1n) is 11.0. The van der Waals surface area contributed by atoms with Crippen LogP contribution in [0.15, 0.2) is 83.8 Å². The van der Waals surface area contributed by atoms with Gasteiger partial charge in [-0.25, -0.2) is 8.42 Å². The van der Waals surface area contributed by atoms with E-state index >= 15 is 0 Å². The molecule has 0 aromatic heterocycles. The molecule has 1 fully saturated rings. The topological polar surface area (TPSA) is 84.5 Å². The lowest BCUT2D eigenvalue weighted by Crippen LogP contribution is -2.49. The standard InChI is InChI=1S/C26H28N2O4S/c1-32-23-9-5-10-24(19-23)33(30,31)28-22-13-11-21(12-14-22)26(16-6-17-26)25(29)27-18-15-20-7-3-2-4-8-20/h2-5,7-14,19,28H,6,15-18H2,1H3,(H,27,29). The molecular weight excluding hydrogens is 436 g/mol. The normalized spacial score (nSPS) is 14.7. The summed E-state index contributed by atoms with van der Waals surface area (Å²) in [4.78, 5) is 13.2. The lowest BCUT2D eigenvalue weighted by molar-refractivity contribution is -0.129. The van der Waals surface area contributed by atoms with E-state index in [2.05, 4.69) is 22.2 Å². The number of rotatable bonds is 9. The molecule has 0 spiro atoms. The van der Waals surface area contributed by atoms with Crippen molar-refractivity contribution in [2.75, 3.05) is 18.4 Å². The molecule has 0 atom stereocenters. The van der Waals surface area contributed by atoms with Gasteiger partial charge in [0.05, 0.1) is 17.4 Å². The third-order valence-electron chi connectivity index (χ3n) is 6.23. The predicted molar refractivity (Wildman–Crippen MR) is 129 cm³/mol. The molecule has 0 heterocycles. The van der Waals surface area contributed by atoms with Crippen LogP contribution in [0.5, 0.6) is 5.75 Å². The molecule has 4 rings (SSSR count). The molecule has 6 nitrogen and oxygen atoms in total. The summed E-state index contributed by atoms with van der Waals surface area (Å²) in [6.45, 7) is 0.586. The van der Waals surface area contributed by atoms with E-state index in [1.165, 1.54) is 24.8 Å². The minimum absolute atomic E-state index is 0.0365. The summed E-state index contributed by atoms with van der Waals surface area (Å²) >= 11 is 0. The van der Waals surface area contributed by atoms with E-state index in [1.807, 2.05) is 30.3 Å². The Labute approximate surface area is 195 Å². The van der Waals surface area contributed by atoms with Crippen molar-refractivity contribution in [3.05, 3.63) is 90.0 Å². The predicted octanol–water partition coefficient (Wildman–Crippen LogP) is 4.28. The van der Waals surface area contributed by atoms with Crippen LogP contribution in [0.4, 0.5) is 5.69 Å². The fourth-order valence-electron chi connectivity index (χ4n) is 4.15. The second-order valence-corrected chi connectivity index (χ2v) is 9.97. The minimum Gasteiger partial charge on any atom is -0.497 e. The van der Waals surface area contributed by atoms with Gasteiger partial charge in [0.25, 0.3) is 10.0 Å². The molecule has 1 aliphatic carbocycles. The molecule has 1 amide bonds. The molecular formula is C26H28N2O4S. The van der Waals surface area contributed by atoms with Crippen LogP contribution < -0.4 is 14.8 Å². The smallest absolute Gasteiger partial charge is 0.262 e. The van der Waals surface area contributed by atoms with Crippen molar-refractivity contribution in [1.82, 2.24) is 5.32 Å². The van der Waals surface area contributed by atoms with Crippen LogP contribution in [0.3, 0.4) is 0 Å². The van der Waals surface area contributed by atoms with Gasteiger partial charge in [-0.3, -0.25) is 9.52 Å². The van der Waals surface area contributed by atoms with Crippen LogP contribution >= 0.6 is 0 Å². The molecule has 0 aliphatic heterocycles. The Hall–Kier alpha value is -3.32. The van der Waals surface area contributed by atoms with Gasteiger partial charge in [-0.15, -0.1) is 0 Å². The van der Waals surface area contributed by atoms with Crippen LogP contribution in [-0.2, 0) is 26.7 Å². The number of hydrogen-bond donors (Lipinski definition) is 2. The van der Waals surface area contributed by atoms with E-state index in [4.69, 9.17) is 4.74 Å². The average Bonchev–Trinajstić information content (AvgIpc) is 2.80. The summed E-state index contributed by atoms with van der Waals surface area (Å²) in [6, 6.07) is 23.5. The molecule has 3 aromatic carbocycles. The average molecular weight is 465 g/mol. The highest BCUT2D eigenvalue weighted by Gasteiger charge is 2.45. The summed E-state index contributed by atoms with van der Waals surface area (Å²) in [7, 11) is -2.26. The van der Waals surface area contributed by atoms with Gasteiger partial charge in [0.15, 0.2) is 0 Å². The summed E-state index contributed by atoms with van der Waals surface area (Å²) in [5, 5.41) is 3.10. The van der Waals surface area contributed by atoms with Crippen LogP contribution in [0.1, 0.15) is 30.4 Å². The third kappa shape index (κ3) is 5.03. The van der Waals surface area contributed by atoms with E-state index in [9.17, 15) is 13.2 Å². The largest absolute Gasteiger partial charge is 0.497 e. The molecule has 33 heavy (non-hydrogen) atoms. The number of carbonyl (C=O) groups excluding carboxylic acids is 1. The molecule has 0 saturated heterocycles. The number of amides is 1. The molecule has 0 bridgehead atoms. The lowest BCUT2D eigenvalue weighted by atomic mass is 9.64. The Morgan fingerprint density at radius 3 is 2.33 bits per heavy atom. The van der Waals surface area contributed by atoms with Gasteiger partial charge in [0, 0.05) is 18.3 Å². The van der Waals surface area contributed by atoms with Crippen molar-refractivity contribution in [2.24, 2.45) is 0 Å². The van der Waals surface area contributed by atoms with Gasteiger partial charge in [0.2, 0.25) is 5.91 Å². The SMILES string of the molecule is COc1cccc(S(=O)(=O)Nc2ccc(C3(C(=O)NCCc4ccccc4)CCC3)cc2)c1. The highest BCUT2D eigenvalue weighted by molar-refractivity contribution is 7.92. The Balaban J connectivity index is 1.43. The first kappa shape index (κ1) is 22.9. The maximum atomic E-state index is 13.1. The van der Waals surface area contributed by atoms with Gasteiger partial charge < -0.3 is 10.1 Å².